The minimum Gasteiger partial charge on any atom is -0.480 e. The lowest BCUT2D eigenvalue weighted by atomic mass is 10.2. The minimum absolute atomic E-state index is 0.0599. The van der Waals surface area contributed by atoms with Gasteiger partial charge in [0, 0.05) is 0 Å². The quantitative estimate of drug-likeness (QED) is 0.683. The predicted molar refractivity (Wildman–Crippen MR) is 58.9 cm³/mol. The zero-order valence-electron chi connectivity index (χ0n) is 8.93. The molecule has 1 rings (SSSR count). The summed E-state index contributed by atoms with van der Waals surface area (Å²) in [4.78, 5) is 34.7. The summed E-state index contributed by atoms with van der Waals surface area (Å²) >= 11 is 1.44. The highest BCUT2D eigenvalue weighted by Crippen LogP contribution is 2.13. The topological polar surface area (TPSA) is 86.7 Å². The molecular weight excluding hydrogens is 232 g/mol. The van der Waals surface area contributed by atoms with Crippen LogP contribution in [0.1, 0.15) is 13.3 Å². The van der Waals surface area contributed by atoms with Gasteiger partial charge in [-0.15, -0.1) is 11.8 Å². The number of hydrogen-bond acceptors (Lipinski definition) is 4. The molecule has 2 amide bonds. The lowest BCUT2D eigenvalue weighted by molar-refractivity contribution is -0.142. The fourth-order valence-electron chi connectivity index (χ4n) is 1.29. The van der Waals surface area contributed by atoms with Crippen LogP contribution in [0.3, 0.4) is 0 Å². The first kappa shape index (κ1) is 12.8. The number of carbonyl (C=O) groups excluding carboxylic acids is 2. The fraction of sp³-hybridized carbons (Fsp3) is 0.667. The van der Waals surface area contributed by atoms with Crippen molar-refractivity contribution in [1.29, 1.82) is 0 Å². The van der Waals surface area contributed by atoms with E-state index in [1.54, 1.807) is 6.92 Å². The van der Waals surface area contributed by atoms with E-state index in [4.69, 9.17) is 5.11 Å². The molecule has 0 spiro atoms. The molecule has 1 saturated heterocycles. The van der Waals surface area contributed by atoms with Gasteiger partial charge in [0.25, 0.3) is 0 Å². The van der Waals surface area contributed by atoms with Gasteiger partial charge in [0.1, 0.15) is 12.6 Å². The number of carboxylic acid groups (broad SMARTS) is 1. The average molecular weight is 246 g/mol. The molecule has 1 heterocycles. The van der Waals surface area contributed by atoms with Gasteiger partial charge in [-0.1, -0.05) is 6.92 Å². The molecule has 0 bridgehead atoms. The molecule has 7 heteroatoms. The molecule has 0 aliphatic carbocycles. The van der Waals surface area contributed by atoms with E-state index in [-0.39, 0.29) is 12.5 Å². The molecule has 0 aromatic heterocycles. The maximum atomic E-state index is 11.4. The first-order valence-corrected chi connectivity index (χ1v) is 6.07. The largest absolute Gasteiger partial charge is 0.480 e. The summed E-state index contributed by atoms with van der Waals surface area (Å²) in [6.45, 7) is 1.62. The van der Waals surface area contributed by atoms with E-state index in [1.807, 2.05) is 0 Å². The van der Waals surface area contributed by atoms with Gasteiger partial charge in [-0.25, -0.2) is 4.79 Å². The molecule has 1 fully saturated rings. The minimum atomic E-state index is -1.06. The summed E-state index contributed by atoms with van der Waals surface area (Å²) in [7, 11) is 0. The molecule has 0 aromatic rings. The van der Waals surface area contributed by atoms with Crippen LogP contribution in [0.4, 0.5) is 0 Å². The number of aliphatic carboxylic acids is 1. The van der Waals surface area contributed by atoms with Crippen LogP contribution in [-0.4, -0.2) is 52.0 Å². The standard InChI is InChI=1S/C9H14N2O4S/c1-2-6(9(14)15)10-7(12)3-11-5-16-4-8(11)13/h6H,2-5H2,1H3,(H,10,12)(H,14,15)/t6-/m0/s1. The second-order valence-electron chi connectivity index (χ2n) is 3.44. The predicted octanol–water partition coefficient (Wildman–Crippen LogP) is -0.501. The Labute approximate surface area is 97.4 Å². The Balaban J connectivity index is 2.40. The van der Waals surface area contributed by atoms with Gasteiger partial charge in [-0.2, -0.15) is 0 Å². The van der Waals surface area contributed by atoms with E-state index in [0.717, 1.165) is 0 Å². The van der Waals surface area contributed by atoms with E-state index in [9.17, 15) is 14.4 Å². The van der Waals surface area contributed by atoms with Crippen LogP contribution in [0.2, 0.25) is 0 Å². The smallest absolute Gasteiger partial charge is 0.326 e. The Kier molecular flexibility index (Phi) is 4.60. The molecule has 2 N–H and O–H groups in total. The first-order valence-electron chi connectivity index (χ1n) is 4.92. The second-order valence-corrected chi connectivity index (χ2v) is 4.39. The van der Waals surface area contributed by atoms with Gasteiger partial charge in [-0.05, 0) is 6.42 Å². The van der Waals surface area contributed by atoms with Crippen LogP contribution < -0.4 is 5.32 Å². The maximum Gasteiger partial charge on any atom is 0.326 e. The monoisotopic (exact) mass is 246 g/mol. The van der Waals surface area contributed by atoms with Gasteiger partial charge in [0.2, 0.25) is 11.8 Å². The Bertz CT molecular complexity index is 302. The normalized spacial score (nSPS) is 17.3. The van der Waals surface area contributed by atoms with Crippen LogP contribution in [0.15, 0.2) is 0 Å². The molecular formula is C9H14N2O4S. The number of carbonyl (C=O) groups is 3. The Hall–Kier alpha value is -1.24. The third-order valence-electron chi connectivity index (χ3n) is 2.20. The summed E-state index contributed by atoms with van der Waals surface area (Å²) in [5.74, 6) is -0.675. The molecule has 0 radical (unpaired) electrons. The summed E-state index contributed by atoms with van der Waals surface area (Å²) in [6.07, 6.45) is 0.323. The molecule has 6 nitrogen and oxygen atoms in total. The van der Waals surface area contributed by atoms with Crippen molar-refractivity contribution < 1.29 is 19.5 Å². The van der Waals surface area contributed by atoms with Crippen molar-refractivity contribution >= 4 is 29.5 Å². The molecule has 1 atom stereocenters. The maximum absolute atomic E-state index is 11.4. The number of hydrogen-bond donors (Lipinski definition) is 2. The van der Waals surface area contributed by atoms with Crippen LogP contribution in [0.5, 0.6) is 0 Å². The zero-order chi connectivity index (χ0) is 12.1. The number of nitrogens with one attached hydrogen (secondary N) is 1. The molecule has 0 saturated carbocycles. The van der Waals surface area contributed by atoms with E-state index in [1.165, 1.54) is 16.7 Å². The van der Waals surface area contributed by atoms with E-state index >= 15 is 0 Å². The van der Waals surface area contributed by atoms with E-state index in [2.05, 4.69) is 5.32 Å². The number of carboxylic acids is 1. The SMILES string of the molecule is CC[C@H](NC(=O)CN1CSCC1=O)C(=O)O. The zero-order valence-corrected chi connectivity index (χ0v) is 9.75. The first-order chi connectivity index (χ1) is 7.54. The van der Waals surface area contributed by atoms with Crippen molar-refractivity contribution in [2.24, 2.45) is 0 Å². The molecule has 90 valence electrons. The number of amides is 2. The highest BCUT2D eigenvalue weighted by atomic mass is 32.2. The number of nitrogens with zero attached hydrogens (tertiary/aromatic N) is 1. The van der Waals surface area contributed by atoms with Crippen molar-refractivity contribution in [2.75, 3.05) is 18.2 Å². The molecule has 1 aliphatic heterocycles. The Morgan fingerprint density at radius 1 is 1.62 bits per heavy atom. The lowest BCUT2D eigenvalue weighted by Crippen LogP contribution is -2.45. The molecule has 1 aliphatic rings. The molecule has 0 unspecified atom stereocenters. The van der Waals surface area contributed by atoms with E-state index < -0.39 is 17.9 Å². The van der Waals surface area contributed by atoms with Gasteiger partial charge >= 0.3 is 5.97 Å². The lowest BCUT2D eigenvalue weighted by Gasteiger charge is -2.17. The molecule has 16 heavy (non-hydrogen) atoms. The average Bonchev–Trinajstić information content (AvgIpc) is 2.60. The van der Waals surface area contributed by atoms with Crippen molar-refractivity contribution in [2.45, 2.75) is 19.4 Å². The van der Waals surface area contributed by atoms with Crippen molar-refractivity contribution in [1.82, 2.24) is 10.2 Å². The van der Waals surface area contributed by atoms with Crippen molar-refractivity contribution in [3.8, 4) is 0 Å². The second kappa shape index (κ2) is 5.74. The van der Waals surface area contributed by atoms with Crippen LogP contribution in [-0.2, 0) is 14.4 Å². The summed E-state index contributed by atoms with van der Waals surface area (Å²) in [5, 5.41) is 11.1. The third-order valence-corrected chi connectivity index (χ3v) is 3.15. The van der Waals surface area contributed by atoms with Crippen LogP contribution in [0, 0.1) is 0 Å². The summed E-state index contributed by atoms with van der Waals surface area (Å²) in [5.41, 5.74) is 0. The van der Waals surface area contributed by atoms with Crippen molar-refractivity contribution in [3.05, 3.63) is 0 Å². The summed E-state index contributed by atoms with van der Waals surface area (Å²) in [6, 6.07) is -0.877. The summed E-state index contributed by atoms with van der Waals surface area (Å²) < 4.78 is 0. The van der Waals surface area contributed by atoms with Gasteiger partial charge in [0.15, 0.2) is 0 Å². The number of rotatable bonds is 5. The highest BCUT2D eigenvalue weighted by Gasteiger charge is 2.24. The van der Waals surface area contributed by atoms with Crippen LogP contribution >= 0.6 is 11.8 Å². The van der Waals surface area contributed by atoms with Gasteiger partial charge in [-0.3, -0.25) is 9.59 Å². The van der Waals surface area contributed by atoms with Gasteiger partial charge < -0.3 is 15.3 Å². The Morgan fingerprint density at radius 2 is 2.31 bits per heavy atom. The Morgan fingerprint density at radius 3 is 2.75 bits per heavy atom. The number of thioether (sulfide) groups is 1. The molecule has 0 aromatic carbocycles. The highest BCUT2D eigenvalue weighted by molar-refractivity contribution is 8.00. The third kappa shape index (κ3) is 3.41. The fourth-order valence-corrected chi connectivity index (χ4v) is 2.20. The van der Waals surface area contributed by atoms with Crippen molar-refractivity contribution in [3.63, 3.8) is 0 Å². The van der Waals surface area contributed by atoms with Gasteiger partial charge in [0.05, 0.1) is 11.6 Å². The van der Waals surface area contributed by atoms with E-state index in [0.29, 0.717) is 18.1 Å². The van der Waals surface area contributed by atoms with Crippen LogP contribution in [0.25, 0.3) is 0 Å².